The fraction of sp³-hybridized carbons (Fsp3) is 0.316. The summed E-state index contributed by atoms with van der Waals surface area (Å²) in [6, 6.07) is 4.97. The Bertz CT molecular complexity index is 1030. The number of hydrogen-bond acceptors (Lipinski definition) is 7. The molecule has 2 aromatic rings. The maximum absolute atomic E-state index is 13.7. The number of sulfonamides is 1. The molecule has 8 nitrogen and oxygen atoms in total. The largest absolute Gasteiger partial charge is 0.459 e. The number of nitrogens with zero attached hydrogens (tertiary/aromatic N) is 1. The number of aliphatic hydroxyl groups is 1. The molecule has 0 fully saturated rings. The first-order valence-electron chi connectivity index (χ1n) is 8.78. The maximum atomic E-state index is 13.7. The van der Waals surface area contributed by atoms with E-state index >= 15 is 0 Å². The Morgan fingerprint density at radius 2 is 1.90 bits per heavy atom. The average Bonchev–Trinajstić information content (AvgIpc) is 2.65. The van der Waals surface area contributed by atoms with E-state index in [1.165, 1.54) is 12.1 Å². The Labute approximate surface area is 172 Å². The van der Waals surface area contributed by atoms with E-state index in [9.17, 15) is 31.9 Å². The number of aliphatic hydroxyl groups excluding tert-OH is 1. The summed E-state index contributed by atoms with van der Waals surface area (Å²) in [4.78, 5) is 27.5. The van der Waals surface area contributed by atoms with Gasteiger partial charge in [0.15, 0.2) is 0 Å². The Hall–Kier alpha value is -2.92. The molecular weight excluding hydrogens is 422 g/mol. The summed E-state index contributed by atoms with van der Waals surface area (Å²) in [7, 11) is -4.35. The summed E-state index contributed by atoms with van der Waals surface area (Å²) >= 11 is 0. The molecule has 1 amide bonds. The van der Waals surface area contributed by atoms with E-state index < -0.39 is 51.0 Å². The van der Waals surface area contributed by atoms with Gasteiger partial charge in [-0.15, -0.1) is 0 Å². The van der Waals surface area contributed by atoms with E-state index in [0.717, 1.165) is 18.3 Å². The van der Waals surface area contributed by atoms with Crippen LogP contribution in [-0.4, -0.2) is 36.1 Å². The third-order valence-corrected chi connectivity index (χ3v) is 5.12. The zero-order valence-electron chi connectivity index (χ0n) is 16.1. The molecular formula is C19H20F2N2O6S. The number of pyridine rings is 1. The van der Waals surface area contributed by atoms with Crippen molar-refractivity contribution in [3.8, 4) is 0 Å². The van der Waals surface area contributed by atoms with E-state index in [4.69, 9.17) is 4.74 Å². The van der Waals surface area contributed by atoms with E-state index in [-0.39, 0.29) is 18.1 Å². The molecule has 11 heteroatoms. The smallest absolute Gasteiger partial charge is 0.308 e. The van der Waals surface area contributed by atoms with Gasteiger partial charge < -0.3 is 9.84 Å². The fourth-order valence-electron chi connectivity index (χ4n) is 2.27. The van der Waals surface area contributed by atoms with E-state index in [0.29, 0.717) is 11.8 Å². The molecule has 0 radical (unpaired) electrons. The summed E-state index contributed by atoms with van der Waals surface area (Å²) in [5.74, 6) is -4.74. The quantitative estimate of drug-likeness (QED) is 0.598. The third kappa shape index (κ3) is 6.56. The number of aromatic nitrogens is 1. The molecule has 30 heavy (non-hydrogen) atoms. The minimum atomic E-state index is -4.35. The lowest BCUT2D eigenvalue weighted by Gasteiger charge is -2.13. The van der Waals surface area contributed by atoms with Gasteiger partial charge in [-0.2, -0.15) is 0 Å². The van der Waals surface area contributed by atoms with Crippen LogP contribution < -0.4 is 4.72 Å². The van der Waals surface area contributed by atoms with Crippen molar-refractivity contribution in [1.82, 2.24) is 9.71 Å². The molecule has 1 atom stereocenters. The molecule has 162 valence electrons. The summed E-state index contributed by atoms with van der Waals surface area (Å²) in [5.41, 5.74) is -0.165. The third-order valence-electron chi connectivity index (χ3n) is 3.87. The Morgan fingerprint density at radius 3 is 2.47 bits per heavy atom. The Balaban J connectivity index is 1.99. The van der Waals surface area contributed by atoms with Crippen LogP contribution in [0.2, 0.25) is 0 Å². The highest BCUT2D eigenvalue weighted by Crippen LogP contribution is 2.19. The van der Waals surface area contributed by atoms with Gasteiger partial charge in [0.2, 0.25) is 10.0 Å². The van der Waals surface area contributed by atoms with Gasteiger partial charge in [-0.1, -0.05) is 19.9 Å². The molecule has 0 aliphatic carbocycles. The fourth-order valence-corrected chi connectivity index (χ4v) is 3.35. The maximum Gasteiger partial charge on any atom is 0.308 e. The van der Waals surface area contributed by atoms with E-state index in [1.54, 1.807) is 18.6 Å². The first kappa shape index (κ1) is 23.4. The van der Waals surface area contributed by atoms with Gasteiger partial charge in [-0.25, -0.2) is 21.9 Å². The van der Waals surface area contributed by atoms with Gasteiger partial charge in [0.05, 0.1) is 29.0 Å². The Kier molecular flexibility index (Phi) is 7.57. The second kappa shape index (κ2) is 9.72. The number of rotatable bonds is 8. The molecule has 0 spiro atoms. The number of hydrogen-bond donors (Lipinski definition) is 2. The van der Waals surface area contributed by atoms with Crippen molar-refractivity contribution in [2.24, 2.45) is 5.92 Å². The van der Waals surface area contributed by atoms with Gasteiger partial charge in [0, 0.05) is 17.8 Å². The van der Waals surface area contributed by atoms with Crippen molar-refractivity contribution in [3.05, 3.63) is 65.0 Å². The van der Waals surface area contributed by atoms with Crippen LogP contribution in [0.3, 0.4) is 0 Å². The number of esters is 1. The minimum absolute atomic E-state index is 0.0973. The summed E-state index contributed by atoms with van der Waals surface area (Å²) in [6.45, 7) is 3.24. The second-order valence-electron chi connectivity index (χ2n) is 6.69. The zero-order chi connectivity index (χ0) is 22.5. The predicted octanol–water partition coefficient (Wildman–Crippen LogP) is 1.85. The van der Waals surface area contributed by atoms with Crippen LogP contribution >= 0.6 is 0 Å². The monoisotopic (exact) mass is 442 g/mol. The van der Waals surface area contributed by atoms with Crippen LogP contribution in [0.1, 0.15) is 41.6 Å². The van der Waals surface area contributed by atoms with Crippen molar-refractivity contribution in [2.45, 2.75) is 26.6 Å². The van der Waals surface area contributed by atoms with Crippen LogP contribution in [0.5, 0.6) is 0 Å². The van der Waals surface area contributed by atoms with E-state index in [2.05, 4.69) is 4.98 Å². The van der Waals surface area contributed by atoms with Crippen LogP contribution in [0.15, 0.2) is 36.5 Å². The number of nitrogens with one attached hydrogen (secondary N) is 1. The van der Waals surface area contributed by atoms with Crippen molar-refractivity contribution in [3.63, 3.8) is 0 Å². The highest BCUT2D eigenvalue weighted by molar-refractivity contribution is 7.90. The first-order valence-corrected chi connectivity index (χ1v) is 10.4. The van der Waals surface area contributed by atoms with Crippen molar-refractivity contribution in [1.29, 1.82) is 0 Å². The lowest BCUT2D eigenvalue weighted by Crippen LogP contribution is -2.34. The van der Waals surface area contributed by atoms with Crippen molar-refractivity contribution < 1.29 is 36.6 Å². The second-order valence-corrected chi connectivity index (χ2v) is 8.46. The van der Waals surface area contributed by atoms with Gasteiger partial charge in [-0.3, -0.25) is 14.6 Å². The standard InChI is InChI=1S/C19H20F2N2O6S/c1-11(2)19(26)29-9-14-5-3-12(8-22-14)18(25)23-30(27,28)10-17(24)15-6-4-13(20)7-16(15)21/h3-8,11,17,24H,9-10H2,1-2H3,(H,23,25). The lowest BCUT2D eigenvalue weighted by molar-refractivity contribution is -0.148. The first-order chi connectivity index (χ1) is 14.0. The molecule has 0 saturated carbocycles. The van der Waals surface area contributed by atoms with Crippen LogP contribution in [0, 0.1) is 17.6 Å². The predicted molar refractivity (Wildman–Crippen MR) is 101 cm³/mol. The van der Waals surface area contributed by atoms with Crippen molar-refractivity contribution in [2.75, 3.05) is 5.75 Å². The van der Waals surface area contributed by atoms with Crippen molar-refractivity contribution >= 4 is 21.9 Å². The normalized spacial score (nSPS) is 12.5. The molecule has 0 saturated heterocycles. The Morgan fingerprint density at radius 1 is 1.20 bits per heavy atom. The molecule has 1 heterocycles. The average molecular weight is 442 g/mol. The highest BCUT2D eigenvalue weighted by atomic mass is 32.2. The van der Waals surface area contributed by atoms with Gasteiger partial charge in [-0.05, 0) is 18.2 Å². The molecule has 2 rings (SSSR count). The molecule has 0 aliphatic rings. The number of halogens is 2. The van der Waals surface area contributed by atoms with E-state index in [1.807, 2.05) is 0 Å². The minimum Gasteiger partial charge on any atom is -0.459 e. The van der Waals surface area contributed by atoms with Crippen LogP contribution in [0.4, 0.5) is 8.78 Å². The number of carbonyl (C=O) groups excluding carboxylic acids is 2. The van der Waals surface area contributed by atoms with Crippen LogP contribution in [-0.2, 0) is 26.2 Å². The SMILES string of the molecule is CC(C)C(=O)OCc1ccc(C(=O)NS(=O)(=O)CC(O)c2ccc(F)cc2F)cn1. The summed E-state index contributed by atoms with van der Waals surface area (Å²) in [5, 5.41) is 9.94. The molecule has 0 aliphatic heterocycles. The summed E-state index contributed by atoms with van der Waals surface area (Å²) in [6.07, 6.45) is -0.716. The molecule has 0 bridgehead atoms. The summed E-state index contributed by atoms with van der Waals surface area (Å²) < 4.78 is 57.6. The zero-order valence-corrected chi connectivity index (χ0v) is 16.9. The number of amides is 1. The molecule has 1 unspecified atom stereocenters. The molecule has 1 aromatic carbocycles. The number of ether oxygens (including phenoxy) is 1. The van der Waals surface area contributed by atoms with Crippen LogP contribution in [0.25, 0.3) is 0 Å². The van der Waals surface area contributed by atoms with Gasteiger partial charge >= 0.3 is 5.97 Å². The molecule has 1 aromatic heterocycles. The number of benzene rings is 1. The number of carbonyl (C=O) groups is 2. The highest BCUT2D eigenvalue weighted by Gasteiger charge is 2.24. The lowest BCUT2D eigenvalue weighted by atomic mass is 10.1. The molecule has 2 N–H and O–H groups in total. The van der Waals surface area contributed by atoms with Gasteiger partial charge in [0.1, 0.15) is 18.2 Å². The topological polar surface area (TPSA) is 123 Å². The van der Waals surface area contributed by atoms with Gasteiger partial charge in [0.25, 0.3) is 5.91 Å².